The van der Waals surface area contributed by atoms with Crippen LogP contribution in [-0.4, -0.2) is 32.7 Å². The molecule has 0 spiro atoms. The van der Waals surface area contributed by atoms with E-state index in [9.17, 15) is 0 Å². The molecule has 0 radical (unpaired) electrons. The van der Waals surface area contributed by atoms with Crippen LogP contribution in [0.4, 0.5) is 5.69 Å². The van der Waals surface area contributed by atoms with Gasteiger partial charge in [0.15, 0.2) is 5.84 Å². The van der Waals surface area contributed by atoms with Crippen LogP contribution in [0.2, 0.25) is 0 Å². The molecule has 0 atom stereocenters. The van der Waals surface area contributed by atoms with Crippen molar-refractivity contribution >= 4 is 23.5 Å². The molecule has 0 unspecified atom stereocenters. The Morgan fingerprint density at radius 2 is 2.19 bits per heavy atom. The highest BCUT2D eigenvalue weighted by molar-refractivity contribution is 8.00. The lowest BCUT2D eigenvalue weighted by Crippen LogP contribution is -2.27. The fourth-order valence-electron chi connectivity index (χ4n) is 2.16. The number of ether oxygens (including phenoxy) is 1. The molecule has 3 heterocycles. The van der Waals surface area contributed by atoms with Crippen LogP contribution in [0, 0.1) is 23.2 Å². The smallest absolute Gasteiger partial charge is 0.237 e. The van der Waals surface area contributed by atoms with E-state index in [0.29, 0.717) is 22.8 Å². The van der Waals surface area contributed by atoms with Crippen LogP contribution in [-0.2, 0) is 0 Å². The Labute approximate surface area is 159 Å². The van der Waals surface area contributed by atoms with Gasteiger partial charge in [0.2, 0.25) is 5.88 Å². The Hall–Kier alpha value is -3.64. The minimum atomic E-state index is -0.214. The van der Waals surface area contributed by atoms with E-state index in [1.807, 2.05) is 18.2 Å². The van der Waals surface area contributed by atoms with Crippen LogP contribution in [0.15, 0.2) is 53.8 Å². The molecule has 134 valence electrons. The molecular weight excluding hydrogens is 362 g/mol. The van der Waals surface area contributed by atoms with Crippen molar-refractivity contribution in [3.05, 3.63) is 54.4 Å². The van der Waals surface area contributed by atoms with E-state index >= 15 is 0 Å². The second-order valence-electron chi connectivity index (χ2n) is 5.18. The molecule has 0 amide bonds. The molecule has 9 heteroatoms. The molecule has 0 saturated carbocycles. The zero-order valence-electron chi connectivity index (χ0n) is 14.3. The first-order valence-electron chi connectivity index (χ1n) is 7.70. The Bertz CT molecular complexity index is 1070. The number of pyridine rings is 2. The predicted octanol–water partition coefficient (Wildman–Crippen LogP) is 2.41. The molecule has 3 aromatic heterocycles. The van der Waals surface area contributed by atoms with Crippen molar-refractivity contribution in [2.45, 2.75) is 4.90 Å². The first kappa shape index (κ1) is 18.2. The number of hydrogen-bond donors (Lipinski definition) is 3. The summed E-state index contributed by atoms with van der Waals surface area (Å²) in [7, 11) is 1.54. The number of hydrogen-bond acceptors (Lipinski definition) is 8. The van der Waals surface area contributed by atoms with Crippen molar-refractivity contribution in [1.82, 2.24) is 19.7 Å². The largest absolute Gasteiger partial charge is 0.480 e. The third-order valence-corrected chi connectivity index (χ3v) is 4.24. The molecule has 3 N–H and O–H groups in total. The van der Waals surface area contributed by atoms with Gasteiger partial charge in [-0.15, -0.1) is 6.42 Å². The van der Waals surface area contributed by atoms with Gasteiger partial charge >= 0.3 is 0 Å². The lowest BCUT2D eigenvalue weighted by Gasteiger charge is -2.11. The number of nitrogens with one attached hydrogen (secondary N) is 3. The monoisotopic (exact) mass is 377 g/mol. The number of nitrogens with zero attached hydrogens (tertiary/aromatic N) is 4. The zero-order chi connectivity index (χ0) is 19.2. The van der Waals surface area contributed by atoms with E-state index in [-0.39, 0.29) is 11.3 Å². The topological polar surface area (TPSA) is 113 Å². The van der Waals surface area contributed by atoms with Crippen molar-refractivity contribution in [1.29, 1.82) is 10.8 Å². The summed E-state index contributed by atoms with van der Waals surface area (Å²) in [5.74, 6) is 2.39. The van der Waals surface area contributed by atoms with Crippen LogP contribution in [0.5, 0.6) is 5.88 Å². The molecule has 0 fully saturated rings. The fourth-order valence-corrected chi connectivity index (χ4v) is 2.79. The van der Waals surface area contributed by atoms with Gasteiger partial charge in [0, 0.05) is 29.0 Å². The van der Waals surface area contributed by atoms with Crippen LogP contribution in [0.1, 0.15) is 0 Å². The summed E-state index contributed by atoms with van der Waals surface area (Å²) in [6.07, 6.45) is 10.3. The van der Waals surface area contributed by atoms with Crippen LogP contribution < -0.4 is 14.9 Å². The minimum Gasteiger partial charge on any atom is -0.480 e. The molecule has 0 bridgehead atoms. The van der Waals surface area contributed by atoms with E-state index in [4.69, 9.17) is 22.0 Å². The highest BCUT2D eigenvalue weighted by atomic mass is 32.2. The quantitative estimate of drug-likeness (QED) is 0.272. The van der Waals surface area contributed by atoms with E-state index in [1.165, 1.54) is 25.1 Å². The summed E-state index contributed by atoms with van der Waals surface area (Å²) >= 11 is 1.37. The normalized spacial score (nSPS) is 10.1. The Morgan fingerprint density at radius 3 is 2.89 bits per heavy atom. The van der Waals surface area contributed by atoms with E-state index in [1.54, 1.807) is 24.7 Å². The lowest BCUT2D eigenvalue weighted by atomic mass is 10.2. The summed E-state index contributed by atoms with van der Waals surface area (Å²) in [6, 6.07) is 8.80. The predicted molar refractivity (Wildman–Crippen MR) is 104 cm³/mol. The molecular formula is C18H15N7OS. The maximum absolute atomic E-state index is 7.84. The summed E-state index contributed by atoms with van der Waals surface area (Å²) < 4.78 is 9.58. The van der Waals surface area contributed by atoms with Gasteiger partial charge in [-0.25, -0.2) is 4.98 Å². The molecule has 3 rings (SSSR count). The molecule has 0 aliphatic carbocycles. The van der Waals surface area contributed by atoms with Crippen molar-refractivity contribution in [2.24, 2.45) is 0 Å². The number of rotatable bonds is 5. The van der Waals surface area contributed by atoms with Gasteiger partial charge in [0.25, 0.3) is 0 Å². The lowest BCUT2D eigenvalue weighted by molar-refractivity contribution is 0.400. The standard InChI is InChI=1S/C18H15N7OS/c1-3-16(19)25-17(20)7-6-14(23-25)12-9-15(18(26-2)22-10-12)24-27-13-5-4-8-21-11-13/h1,4-11,19-20,24H,2H3. The summed E-state index contributed by atoms with van der Waals surface area (Å²) in [5.41, 5.74) is 1.88. The molecule has 0 saturated heterocycles. The van der Waals surface area contributed by atoms with Gasteiger partial charge in [-0.3, -0.25) is 15.8 Å². The average Bonchev–Trinajstić information content (AvgIpc) is 2.72. The van der Waals surface area contributed by atoms with Gasteiger partial charge in [0.05, 0.1) is 12.8 Å². The Balaban J connectivity index is 1.94. The summed E-state index contributed by atoms with van der Waals surface area (Å²) in [6.45, 7) is 0. The van der Waals surface area contributed by atoms with Crippen molar-refractivity contribution < 1.29 is 4.74 Å². The SMILES string of the molecule is C#CC(=N)n1nc(-c2cnc(OC)c(NSc3cccnc3)c2)ccc1=N. The van der Waals surface area contributed by atoms with Gasteiger partial charge in [-0.1, -0.05) is 0 Å². The third kappa shape index (κ3) is 4.13. The molecule has 3 aromatic rings. The summed E-state index contributed by atoms with van der Waals surface area (Å²) in [4.78, 5) is 9.30. The molecule has 27 heavy (non-hydrogen) atoms. The van der Waals surface area contributed by atoms with Crippen molar-refractivity contribution in [3.8, 4) is 29.5 Å². The number of aromatic nitrogens is 4. The van der Waals surface area contributed by atoms with Gasteiger partial charge in [-0.2, -0.15) is 9.78 Å². The molecule has 0 aromatic carbocycles. The van der Waals surface area contributed by atoms with Gasteiger partial charge in [0.1, 0.15) is 11.2 Å². The molecule has 8 nitrogen and oxygen atoms in total. The average molecular weight is 377 g/mol. The second kappa shape index (κ2) is 8.16. The van der Waals surface area contributed by atoms with E-state index in [0.717, 1.165) is 9.58 Å². The number of terminal acetylenes is 1. The molecule has 0 aliphatic heterocycles. The van der Waals surface area contributed by atoms with Crippen molar-refractivity contribution in [2.75, 3.05) is 11.8 Å². The maximum atomic E-state index is 7.84. The van der Waals surface area contributed by atoms with E-state index < -0.39 is 0 Å². The fraction of sp³-hybridized carbons (Fsp3) is 0.0556. The van der Waals surface area contributed by atoms with Crippen molar-refractivity contribution in [3.63, 3.8) is 0 Å². The summed E-state index contributed by atoms with van der Waals surface area (Å²) in [5, 5.41) is 19.8. The third-order valence-electron chi connectivity index (χ3n) is 3.44. The van der Waals surface area contributed by atoms with Crippen LogP contribution in [0.25, 0.3) is 11.3 Å². The number of methoxy groups -OCH3 is 1. The van der Waals surface area contributed by atoms with Gasteiger partial charge < -0.3 is 9.46 Å². The highest BCUT2D eigenvalue weighted by Gasteiger charge is 2.11. The van der Waals surface area contributed by atoms with E-state index in [2.05, 4.69) is 25.7 Å². The molecule has 0 aliphatic rings. The first-order valence-corrected chi connectivity index (χ1v) is 8.52. The maximum Gasteiger partial charge on any atom is 0.237 e. The number of anilines is 1. The minimum absolute atomic E-state index is 0.0219. The van der Waals surface area contributed by atoms with Crippen LogP contribution >= 0.6 is 11.9 Å². The van der Waals surface area contributed by atoms with Gasteiger partial charge in [-0.05, 0) is 48.2 Å². The zero-order valence-corrected chi connectivity index (χ0v) is 15.1. The Morgan fingerprint density at radius 1 is 1.33 bits per heavy atom. The highest BCUT2D eigenvalue weighted by Crippen LogP contribution is 2.30. The first-order chi connectivity index (χ1) is 13.1. The Kier molecular flexibility index (Phi) is 5.49. The second-order valence-corrected chi connectivity index (χ2v) is 6.06. The van der Waals surface area contributed by atoms with Crippen LogP contribution in [0.3, 0.4) is 0 Å².